The van der Waals surface area contributed by atoms with E-state index in [1.807, 2.05) is 0 Å². The third kappa shape index (κ3) is 4.82. The summed E-state index contributed by atoms with van der Waals surface area (Å²) in [6, 6.07) is 0. The average molecular weight is 384 g/mol. The predicted octanol–water partition coefficient (Wildman–Crippen LogP) is -0.831. The molecular formula is C16H20N2O9. The molecule has 27 heavy (non-hydrogen) atoms. The number of hydrogen-bond donors (Lipinski definition) is 1. The van der Waals surface area contributed by atoms with E-state index in [1.54, 1.807) is 0 Å². The van der Waals surface area contributed by atoms with Crippen molar-refractivity contribution in [2.45, 2.75) is 52.2 Å². The summed E-state index contributed by atoms with van der Waals surface area (Å²) in [5.74, 6) is -1.97. The van der Waals surface area contributed by atoms with Crippen LogP contribution in [0.3, 0.4) is 0 Å². The fraction of sp³-hybridized carbons (Fsp3) is 0.562. The fourth-order valence-corrected chi connectivity index (χ4v) is 2.69. The molecule has 0 aliphatic carbocycles. The first-order valence-corrected chi connectivity index (χ1v) is 8.05. The van der Waals surface area contributed by atoms with Gasteiger partial charge < -0.3 is 18.9 Å². The highest BCUT2D eigenvalue weighted by Crippen LogP contribution is 2.33. The van der Waals surface area contributed by atoms with Crippen molar-refractivity contribution in [1.29, 1.82) is 0 Å². The van der Waals surface area contributed by atoms with Crippen LogP contribution in [0.1, 0.15) is 32.6 Å². The van der Waals surface area contributed by atoms with E-state index in [9.17, 15) is 24.0 Å². The standard InChI is InChI=1S/C16H20N2O9/c1-7-5-18(16(23)17-14(7)22)15-13(26-10(4)21)12(25-9(3)20)11(27-15)6-24-8(2)19/h5,11-13,15H,6H2,1-4H3,(H,17,22,23)/t11-,12?,13+,15-/m1/s1. The molecule has 1 N–H and O–H groups in total. The zero-order valence-corrected chi connectivity index (χ0v) is 15.2. The maximum Gasteiger partial charge on any atom is 0.330 e. The van der Waals surface area contributed by atoms with Crippen molar-refractivity contribution in [2.24, 2.45) is 0 Å². The Hall–Kier alpha value is -2.95. The minimum atomic E-state index is -1.21. The number of rotatable bonds is 5. The van der Waals surface area contributed by atoms with Gasteiger partial charge in [-0.05, 0) is 6.92 Å². The van der Waals surface area contributed by atoms with Crippen LogP contribution in [0.25, 0.3) is 0 Å². The van der Waals surface area contributed by atoms with Gasteiger partial charge in [-0.15, -0.1) is 0 Å². The SMILES string of the molecule is CC(=O)OC[C@H]1O[C@@H](n2cc(C)c(=O)[nH]c2=O)[C@@H](OC(C)=O)C1OC(C)=O. The predicted molar refractivity (Wildman–Crippen MR) is 87.7 cm³/mol. The lowest BCUT2D eigenvalue weighted by Crippen LogP contribution is -2.42. The average Bonchev–Trinajstić information content (AvgIpc) is 2.85. The molecule has 1 aromatic rings. The fourth-order valence-electron chi connectivity index (χ4n) is 2.69. The van der Waals surface area contributed by atoms with Gasteiger partial charge >= 0.3 is 23.6 Å². The van der Waals surface area contributed by atoms with Crippen LogP contribution < -0.4 is 11.2 Å². The highest BCUT2D eigenvalue weighted by atomic mass is 16.7. The number of nitrogens with one attached hydrogen (secondary N) is 1. The van der Waals surface area contributed by atoms with Gasteiger partial charge in [0.05, 0.1) is 0 Å². The minimum Gasteiger partial charge on any atom is -0.463 e. The first kappa shape index (κ1) is 20.4. The summed E-state index contributed by atoms with van der Waals surface area (Å²) in [4.78, 5) is 60.0. The van der Waals surface area contributed by atoms with E-state index in [4.69, 9.17) is 18.9 Å². The van der Waals surface area contributed by atoms with E-state index < -0.39 is 53.7 Å². The largest absolute Gasteiger partial charge is 0.463 e. The van der Waals surface area contributed by atoms with Crippen LogP contribution in [0.4, 0.5) is 0 Å². The van der Waals surface area contributed by atoms with Gasteiger partial charge in [-0.1, -0.05) is 0 Å². The molecule has 2 rings (SSSR count). The molecule has 1 unspecified atom stereocenters. The van der Waals surface area contributed by atoms with E-state index in [-0.39, 0.29) is 12.2 Å². The first-order chi connectivity index (χ1) is 12.6. The Morgan fingerprint density at radius 2 is 1.67 bits per heavy atom. The maximum atomic E-state index is 12.2. The molecule has 0 spiro atoms. The number of nitrogens with zero attached hydrogens (tertiary/aromatic N) is 1. The summed E-state index contributed by atoms with van der Waals surface area (Å²) in [6.07, 6.45) is -3.29. The smallest absolute Gasteiger partial charge is 0.330 e. The zero-order valence-electron chi connectivity index (χ0n) is 15.2. The van der Waals surface area contributed by atoms with E-state index >= 15 is 0 Å². The van der Waals surface area contributed by atoms with Crippen LogP contribution in [0, 0.1) is 6.92 Å². The molecule has 0 saturated carbocycles. The molecule has 2 heterocycles. The summed E-state index contributed by atoms with van der Waals surface area (Å²) in [5, 5.41) is 0. The number of aryl methyl sites for hydroxylation is 1. The molecular weight excluding hydrogens is 364 g/mol. The van der Waals surface area contributed by atoms with Crippen molar-refractivity contribution in [3.8, 4) is 0 Å². The van der Waals surface area contributed by atoms with Crippen molar-refractivity contribution >= 4 is 17.9 Å². The Labute approximate surface area is 153 Å². The van der Waals surface area contributed by atoms with Crippen LogP contribution in [-0.4, -0.2) is 52.4 Å². The molecule has 4 atom stereocenters. The van der Waals surface area contributed by atoms with Gasteiger partial charge in [-0.3, -0.25) is 28.7 Å². The van der Waals surface area contributed by atoms with Gasteiger partial charge in [0.25, 0.3) is 5.56 Å². The number of esters is 3. The molecule has 1 aromatic heterocycles. The van der Waals surface area contributed by atoms with Gasteiger partial charge in [0, 0.05) is 32.5 Å². The molecule has 11 heteroatoms. The second kappa shape index (κ2) is 8.16. The van der Waals surface area contributed by atoms with E-state index in [0.717, 1.165) is 18.4 Å². The molecule has 1 aliphatic heterocycles. The van der Waals surface area contributed by atoms with Crippen molar-refractivity contribution in [2.75, 3.05) is 6.61 Å². The van der Waals surface area contributed by atoms with E-state index in [1.165, 1.54) is 20.0 Å². The first-order valence-electron chi connectivity index (χ1n) is 8.05. The Morgan fingerprint density at radius 1 is 1.07 bits per heavy atom. The Morgan fingerprint density at radius 3 is 2.22 bits per heavy atom. The molecule has 1 fully saturated rings. The highest BCUT2D eigenvalue weighted by molar-refractivity contribution is 5.67. The van der Waals surface area contributed by atoms with Crippen LogP contribution in [0.5, 0.6) is 0 Å². The Kier molecular flexibility index (Phi) is 6.16. The van der Waals surface area contributed by atoms with Crippen molar-refractivity contribution in [3.63, 3.8) is 0 Å². The lowest BCUT2D eigenvalue weighted by molar-refractivity contribution is -0.166. The Balaban J connectivity index is 2.47. The highest BCUT2D eigenvalue weighted by Gasteiger charge is 2.50. The van der Waals surface area contributed by atoms with Crippen LogP contribution in [0.15, 0.2) is 15.8 Å². The van der Waals surface area contributed by atoms with Gasteiger partial charge in [0.15, 0.2) is 18.4 Å². The Bertz CT molecular complexity index is 856. The third-order valence-electron chi connectivity index (χ3n) is 3.76. The molecule has 0 radical (unpaired) electrons. The van der Waals surface area contributed by atoms with Gasteiger partial charge in [-0.25, -0.2) is 4.79 Å². The lowest BCUT2D eigenvalue weighted by atomic mass is 10.1. The number of carbonyl (C=O) groups is 3. The molecule has 148 valence electrons. The van der Waals surface area contributed by atoms with Crippen LogP contribution in [0.2, 0.25) is 0 Å². The third-order valence-corrected chi connectivity index (χ3v) is 3.76. The number of ether oxygens (including phenoxy) is 4. The number of aromatic nitrogens is 2. The normalized spacial score (nSPS) is 24.3. The van der Waals surface area contributed by atoms with Crippen LogP contribution >= 0.6 is 0 Å². The summed E-state index contributed by atoms with van der Waals surface area (Å²) >= 11 is 0. The maximum absolute atomic E-state index is 12.2. The van der Waals surface area contributed by atoms with E-state index in [2.05, 4.69) is 4.98 Å². The van der Waals surface area contributed by atoms with Crippen LogP contribution in [-0.2, 0) is 33.3 Å². The van der Waals surface area contributed by atoms with Crippen molar-refractivity contribution < 1.29 is 33.3 Å². The summed E-state index contributed by atoms with van der Waals surface area (Å²) in [6.45, 7) is 4.66. The lowest BCUT2D eigenvalue weighted by Gasteiger charge is -2.24. The minimum absolute atomic E-state index is 0.215. The molecule has 0 amide bonds. The van der Waals surface area contributed by atoms with Gasteiger partial charge in [0.1, 0.15) is 12.7 Å². The van der Waals surface area contributed by atoms with Gasteiger partial charge in [0.2, 0.25) is 0 Å². The molecule has 0 bridgehead atoms. The van der Waals surface area contributed by atoms with Crippen molar-refractivity contribution in [3.05, 3.63) is 32.6 Å². The molecule has 1 saturated heterocycles. The number of H-pyrrole nitrogens is 1. The number of aromatic amines is 1. The second-order valence-electron chi connectivity index (χ2n) is 5.99. The topological polar surface area (TPSA) is 143 Å². The number of carbonyl (C=O) groups excluding carboxylic acids is 3. The zero-order chi connectivity index (χ0) is 20.3. The monoisotopic (exact) mass is 384 g/mol. The molecule has 1 aliphatic rings. The molecule has 0 aromatic carbocycles. The molecule has 11 nitrogen and oxygen atoms in total. The second-order valence-corrected chi connectivity index (χ2v) is 5.99. The quantitative estimate of drug-likeness (QED) is 0.508. The number of hydrogen-bond acceptors (Lipinski definition) is 9. The summed E-state index contributed by atoms with van der Waals surface area (Å²) in [5.41, 5.74) is -1.17. The van der Waals surface area contributed by atoms with Crippen molar-refractivity contribution in [1.82, 2.24) is 9.55 Å². The van der Waals surface area contributed by atoms with E-state index in [0.29, 0.717) is 0 Å². The van der Waals surface area contributed by atoms with Gasteiger partial charge in [-0.2, -0.15) is 0 Å². The summed E-state index contributed by atoms with van der Waals surface area (Å²) < 4.78 is 22.1. The summed E-state index contributed by atoms with van der Waals surface area (Å²) in [7, 11) is 0.